The molecule has 2 rings (SSSR count). The van der Waals surface area contributed by atoms with Crippen LogP contribution in [0.4, 0.5) is 11.4 Å². The summed E-state index contributed by atoms with van der Waals surface area (Å²) in [6, 6.07) is 11.3. The molecule has 0 aromatic heterocycles. The molecule has 8 heteroatoms. The SMILES string of the molecule is Cc1ccc([N+](=O)[O-])cc1NC(=S)NC(=O)c1ccccc1Br. The molecule has 0 saturated carbocycles. The lowest BCUT2D eigenvalue weighted by Crippen LogP contribution is -2.34. The Bertz CT molecular complexity index is 795. The highest BCUT2D eigenvalue weighted by Gasteiger charge is 2.13. The van der Waals surface area contributed by atoms with Gasteiger partial charge in [0, 0.05) is 22.3 Å². The highest BCUT2D eigenvalue weighted by atomic mass is 79.9. The molecule has 0 heterocycles. The van der Waals surface area contributed by atoms with Crippen LogP contribution in [0.15, 0.2) is 46.9 Å². The van der Waals surface area contributed by atoms with Crippen LogP contribution >= 0.6 is 28.1 Å². The van der Waals surface area contributed by atoms with Gasteiger partial charge in [-0.3, -0.25) is 20.2 Å². The van der Waals surface area contributed by atoms with Crippen molar-refractivity contribution in [3.05, 3.63) is 68.2 Å². The summed E-state index contributed by atoms with van der Waals surface area (Å²) in [5.41, 5.74) is 1.62. The summed E-state index contributed by atoms with van der Waals surface area (Å²) in [4.78, 5) is 22.5. The lowest BCUT2D eigenvalue weighted by atomic mass is 10.2. The van der Waals surface area contributed by atoms with E-state index >= 15 is 0 Å². The normalized spacial score (nSPS) is 10.0. The highest BCUT2D eigenvalue weighted by Crippen LogP contribution is 2.22. The van der Waals surface area contributed by atoms with Crippen molar-refractivity contribution in [2.45, 2.75) is 6.92 Å². The fourth-order valence-electron chi connectivity index (χ4n) is 1.83. The van der Waals surface area contributed by atoms with Gasteiger partial charge in [0.05, 0.1) is 10.5 Å². The first-order valence-electron chi connectivity index (χ1n) is 6.50. The van der Waals surface area contributed by atoms with Crippen LogP contribution in [-0.2, 0) is 0 Å². The van der Waals surface area contributed by atoms with Gasteiger partial charge in [0.15, 0.2) is 5.11 Å². The molecule has 0 radical (unpaired) electrons. The van der Waals surface area contributed by atoms with Crippen molar-refractivity contribution in [3.63, 3.8) is 0 Å². The third kappa shape index (κ3) is 4.33. The third-order valence-electron chi connectivity index (χ3n) is 3.03. The number of benzene rings is 2. The molecule has 0 aliphatic heterocycles. The van der Waals surface area contributed by atoms with E-state index in [1.54, 1.807) is 37.3 Å². The number of non-ortho nitro benzene ring substituents is 1. The smallest absolute Gasteiger partial charge is 0.271 e. The summed E-state index contributed by atoms with van der Waals surface area (Å²) in [5.74, 6) is -0.377. The number of thiocarbonyl (C=S) groups is 1. The monoisotopic (exact) mass is 393 g/mol. The van der Waals surface area contributed by atoms with E-state index in [0.717, 1.165) is 5.56 Å². The second kappa shape index (κ2) is 7.30. The molecule has 1 amide bonds. The van der Waals surface area contributed by atoms with Gasteiger partial charge >= 0.3 is 0 Å². The second-order valence-corrected chi connectivity index (χ2v) is 5.91. The van der Waals surface area contributed by atoms with Gasteiger partial charge in [-0.25, -0.2) is 0 Å². The number of halogens is 1. The Morgan fingerprint density at radius 2 is 1.96 bits per heavy atom. The number of hydrogen-bond acceptors (Lipinski definition) is 4. The molecule has 118 valence electrons. The molecule has 0 aliphatic carbocycles. The van der Waals surface area contributed by atoms with Crippen LogP contribution in [0.2, 0.25) is 0 Å². The number of aryl methyl sites for hydroxylation is 1. The van der Waals surface area contributed by atoms with E-state index in [4.69, 9.17) is 12.2 Å². The van der Waals surface area contributed by atoms with Crippen LogP contribution in [0.25, 0.3) is 0 Å². The van der Waals surface area contributed by atoms with Crippen molar-refractivity contribution < 1.29 is 9.72 Å². The van der Waals surface area contributed by atoms with Crippen LogP contribution in [0.3, 0.4) is 0 Å². The van der Waals surface area contributed by atoms with Crippen LogP contribution in [-0.4, -0.2) is 15.9 Å². The number of nitrogens with zero attached hydrogens (tertiary/aromatic N) is 1. The van der Waals surface area contributed by atoms with E-state index < -0.39 is 4.92 Å². The van der Waals surface area contributed by atoms with Gasteiger partial charge < -0.3 is 5.32 Å². The Morgan fingerprint density at radius 1 is 1.26 bits per heavy atom. The Kier molecular flexibility index (Phi) is 5.41. The predicted molar refractivity (Wildman–Crippen MR) is 95.7 cm³/mol. The largest absolute Gasteiger partial charge is 0.332 e. The molecule has 23 heavy (non-hydrogen) atoms. The lowest BCUT2D eigenvalue weighted by molar-refractivity contribution is -0.384. The van der Waals surface area contributed by atoms with Gasteiger partial charge in [0.1, 0.15) is 0 Å². The molecule has 0 fully saturated rings. The second-order valence-electron chi connectivity index (χ2n) is 4.64. The first-order valence-corrected chi connectivity index (χ1v) is 7.70. The van der Waals surface area contributed by atoms with E-state index in [2.05, 4.69) is 26.6 Å². The molecule has 2 aromatic rings. The van der Waals surface area contributed by atoms with Gasteiger partial charge in [-0.1, -0.05) is 18.2 Å². The van der Waals surface area contributed by atoms with Crippen molar-refractivity contribution in [3.8, 4) is 0 Å². The molecule has 2 N–H and O–H groups in total. The maximum absolute atomic E-state index is 12.1. The third-order valence-corrected chi connectivity index (χ3v) is 3.92. The lowest BCUT2D eigenvalue weighted by Gasteiger charge is -2.12. The van der Waals surface area contributed by atoms with Gasteiger partial charge in [-0.05, 0) is 52.8 Å². The van der Waals surface area contributed by atoms with Crippen molar-refractivity contribution >= 4 is 50.5 Å². The number of rotatable bonds is 3. The van der Waals surface area contributed by atoms with Crippen molar-refractivity contribution in [1.29, 1.82) is 0 Å². The number of carbonyl (C=O) groups is 1. The molecule has 0 saturated heterocycles. The molecular weight excluding hydrogens is 382 g/mol. The summed E-state index contributed by atoms with van der Waals surface area (Å²) in [5, 5.41) is 16.2. The number of nitro groups is 1. The van der Waals surface area contributed by atoms with Crippen molar-refractivity contribution in [2.75, 3.05) is 5.32 Å². The van der Waals surface area contributed by atoms with Gasteiger partial charge in [0.25, 0.3) is 11.6 Å². The average molecular weight is 394 g/mol. The van der Waals surface area contributed by atoms with E-state index in [9.17, 15) is 14.9 Å². The minimum atomic E-state index is -0.493. The fourth-order valence-corrected chi connectivity index (χ4v) is 2.50. The van der Waals surface area contributed by atoms with E-state index in [1.807, 2.05) is 0 Å². The summed E-state index contributed by atoms with van der Waals surface area (Å²) >= 11 is 8.39. The minimum Gasteiger partial charge on any atom is -0.332 e. The van der Waals surface area contributed by atoms with Gasteiger partial charge in [0.2, 0.25) is 0 Å². The first-order chi connectivity index (χ1) is 10.9. The number of hydrogen-bond donors (Lipinski definition) is 2. The molecule has 0 aliphatic rings. The summed E-state index contributed by atoms with van der Waals surface area (Å²) in [6.45, 7) is 1.78. The molecule has 0 atom stereocenters. The van der Waals surface area contributed by atoms with E-state index in [1.165, 1.54) is 12.1 Å². The Morgan fingerprint density at radius 3 is 2.61 bits per heavy atom. The van der Waals surface area contributed by atoms with E-state index in [0.29, 0.717) is 15.7 Å². The predicted octanol–water partition coefficient (Wildman–Crippen LogP) is 3.79. The Hall–Kier alpha value is -2.32. The zero-order chi connectivity index (χ0) is 17.0. The summed E-state index contributed by atoms with van der Waals surface area (Å²) in [7, 11) is 0. The number of anilines is 1. The topological polar surface area (TPSA) is 84.3 Å². The van der Waals surface area contributed by atoms with Crippen LogP contribution < -0.4 is 10.6 Å². The molecule has 0 spiro atoms. The van der Waals surface area contributed by atoms with Gasteiger partial charge in [-0.15, -0.1) is 0 Å². The Balaban J connectivity index is 2.11. The van der Waals surface area contributed by atoms with Crippen LogP contribution in [0.5, 0.6) is 0 Å². The quantitative estimate of drug-likeness (QED) is 0.470. The van der Waals surface area contributed by atoms with Crippen molar-refractivity contribution in [2.24, 2.45) is 0 Å². The molecule has 0 unspecified atom stereocenters. The average Bonchev–Trinajstić information content (AvgIpc) is 2.49. The minimum absolute atomic E-state index is 0.0574. The zero-order valence-electron chi connectivity index (χ0n) is 12.0. The fraction of sp³-hybridized carbons (Fsp3) is 0.0667. The number of nitrogens with one attached hydrogen (secondary N) is 2. The highest BCUT2D eigenvalue weighted by molar-refractivity contribution is 9.10. The number of amides is 1. The van der Waals surface area contributed by atoms with Crippen LogP contribution in [0.1, 0.15) is 15.9 Å². The maximum atomic E-state index is 12.1. The Labute approximate surface area is 146 Å². The molecule has 2 aromatic carbocycles. The molecule has 6 nitrogen and oxygen atoms in total. The maximum Gasteiger partial charge on any atom is 0.271 e. The molecule has 0 bridgehead atoms. The number of nitro benzene ring substituents is 1. The molecular formula is C15H12BrN3O3S. The summed E-state index contributed by atoms with van der Waals surface area (Å²) < 4.78 is 0.645. The number of carbonyl (C=O) groups excluding carboxylic acids is 1. The van der Waals surface area contributed by atoms with Crippen LogP contribution in [0, 0.1) is 17.0 Å². The van der Waals surface area contributed by atoms with Crippen molar-refractivity contribution in [1.82, 2.24) is 5.32 Å². The summed E-state index contributed by atoms with van der Waals surface area (Å²) in [6.07, 6.45) is 0. The zero-order valence-corrected chi connectivity index (χ0v) is 14.4. The standard InChI is InChI=1S/C15H12BrN3O3S/c1-9-6-7-10(19(21)22)8-13(9)17-15(23)18-14(20)11-4-2-3-5-12(11)16/h2-8H,1H3,(H2,17,18,20,23). The first kappa shape index (κ1) is 17.0. The van der Waals surface area contributed by atoms with Gasteiger partial charge in [-0.2, -0.15) is 0 Å². The van der Waals surface area contributed by atoms with E-state index in [-0.39, 0.29) is 16.7 Å².